The van der Waals surface area contributed by atoms with Crippen molar-refractivity contribution in [3.8, 4) is 0 Å². The van der Waals surface area contributed by atoms with E-state index >= 15 is 0 Å². The van der Waals surface area contributed by atoms with Gasteiger partial charge in [0.2, 0.25) is 0 Å². The lowest BCUT2D eigenvalue weighted by molar-refractivity contribution is 0.280. The minimum absolute atomic E-state index is 0.471. The number of hydrogen-bond acceptors (Lipinski definition) is 3. The van der Waals surface area contributed by atoms with Crippen molar-refractivity contribution in [1.82, 2.24) is 4.98 Å². The predicted molar refractivity (Wildman–Crippen MR) is 81.4 cm³/mol. The molecule has 0 bridgehead atoms. The van der Waals surface area contributed by atoms with Gasteiger partial charge in [-0.25, -0.2) is 0 Å². The summed E-state index contributed by atoms with van der Waals surface area (Å²) in [6.45, 7) is 6.93. The van der Waals surface area contributed by atoms with Gasteiger partial charge in [0.15, 0.2) is 0 Å². The van der Waals surface area contributed by atoms with Gasteiger partial charge in [0.25, 0.3) is 0 Å². The van der Waals surface area contributed by atoms with Crippen LogP contribution in [-0.4, -0.2) is 18.1 Å². The second-order valence-electron chi connectivity index (χ2n) is 6.22. The van der Waals surface area contributed by atoms with Crippen LogP contribution in [-0.2, 0) is 0 Å². The molecule has 0 aliphatic carbocycles. The predicted octanol–water partition coefficient (Wildman–Crippen LogP) is 3.44. The average Bonchev–Trinajstić information content (AvgIpc) is 2.39. The molecule has 19 heavy (non-hydrogen) atoms. The molecule has 3 rings (SSSR count). The van der Waals surface area contributed by atoms with Crippen LogP contribution in [0, 0.1) is 5.41 Å². The van der Waals surface area contributed by atoms with Crippen LogP contribution in [0.3, 0.4) is 0 Å². The van der Waals surface area contributed by atoms with Gasteiger partial charge >= 0.3 is 0 Å². The van der Waals surface area contributed by atoms with Gasteiger partial charge in [0.1, 0.15) is 0 Å². The van der Waals surface area contributed by atoms with Crippen molar-refractivity contribution < 1.29 is 0 Å². The molecule has 1 saturated heterocycles. The SMILES string of the molecule is CC1(C)CCN(c2ccnc3c(N)cccc23)CC1. The molecule has 1 fully saturated rings. The summed E-state index contributed by atoms with van der Waals surface area (Å²) in [5, 5.41) is 1.17. The number of anilines is 2. The monoisotopic (exact) mass is 255 g/mol. The average molecular weight is 255 g/mol. The number of nitrogens with two attached hydrogens (primary N) is 1. The molecule has 0 amide bonds. The normalized spacial score (nSPS) is 18.7. The molecule has 3 heteroatoms. The highest BCUT2D eigenvalue weighted by molar-refractivity contribution is 5.98. The zero-order valence-corrected chi connectivity index (χ0v) is 11.7. The Kier molecular flexibility index (Phi) is 2.85. The topological polar surface area (TPSA) is 42.2 Å². The van der Waals surface area contributed by atoms with Crippen LogP contribution in [0.2, 0.25) is 0 Å². The summed E-state index contributed by atoms with van der Waals surface area (Å²) >= 11 is 0. The number of benzene rings is 1. The quantitative estimate of drug-likeness (QED) is 0.794. The van der Waals surface area contributed by atoms with Crippen molar-refractivity contribution in [3.05, 3.63) is 30.5 Å². The second kappa shape index (κ2) is 4.41. The van der Waals surface area contributed by atoms with Gasteiger partial charge in [-0.3, -0.25) is 4.98 Å². The van der Waals surface area contributed by atoms with Crippen LogP contribution in [0.1, 0.15) is 26.7 Å². The fourth-order valence-corrected chi connectivity index (χ4v) is 2.81. The Morgan fingerprint density at radius 2 is 1.89 bits per heavy atom. The molecule has 2 heterocycles. The summed E-state index contributed by atoms with van der Waals surface area (Å²) in [7, 11) is 0. The molecule has 1 aliphatic heterocycles. The first-order chi connectivity index (χ1) is 9.07. The van der Waals surface area contributed by atoms with Crippen LogP contribution >= 0.6 is 0 Å². The molecule has 1 aromatic carbocycles. The number of para-hydroxylation sites is 1. The maximum absolute atomic E-state index is 6.02. The van der Waals surface area contributed by atoms with Crippen molar-refractivity contribution in [2.24, 2.45) is 5.41 Å². The second-order valence-corrected chi connectivity index (χ2v) is 6.22. The molecule has 0 atom stereocenters. The summed E-state index contributed by atoms with van der Waals surface area (Å²) in [6.07, 6.45) is 4.34. The molecule has 0 radical (unpaired) electrons. The molecule has 0 unspecified atom stereocenters. The Morgan fingerprint density at radius 1 is 1.16 bits per heavy atom. The van der Waals surface area contributed by atoms with E-state index in [0.29, 0.717) is 5.41 Å². The third kappa shape index (κ3) is 2.25. The smallest absolute Gasteiger partial charge is 0.0951 e. The Morgan fingerprint density at radius 3 is 2.63 bits per heavy atom. The van der Waals surface area contributed by atoms with E-state index < -0.39 is 0 Å². The Labute approximate surface area is 114 Å². The highest BCUT2D eigenvalue weighted by Crippen LogP contribution is 2.35. The molecule has 2 N–H and O–H groups in total. The lowest BCUT2D eigenvalue weighted by Crippen LogP contribution is -2.37. The van der Waals surface area contributed by atoms with E-state index in [4.69, 9.17) is 5.73 Å². The van der Waals surface area contributed by atoms with E-state index in [1.165, 1.54) is 23.9 Å². The highest BCUT2D eigenvalue weighted by atomic mass is 15.1. The van der Waals surface area contributed by atoms with Crippen LogP contribution in [0.15, 0.2) is 30.5 Å². The minimum atomic E-state index is 0.471. The van der Waals surface area contributed by atoms with Gasteiger partial charge in [-0.1, -0.05) is 26.0 Å². The van der Waals surface area contributed by atoms with Gasteiger partial charge in [0.05, 0.1) is 11.2 Å². The van der Waals surface area contributed by atoms with Crippen molar-refractivity contribution in [2.75, 3.05) is 23.7 Å². The summed E-state index contributed by atoms with van der Waals surface area (Å²) < 4.78 is 0. The number of piperidine rings is 1. The Bertz CT molecular complexity index is 594. The maximum atomic E-state index is 6.02. The lowest BCUT2D eigenvalue weighted by atomic mass is 9.82. The fourth-order valence-electron chi connectivity index (χ4n) is 2.81. The van der Waals surface area contributed by atoms with Crippen LogP contribution in [0.4, 0.5) is 11.4 Å². The lowest BCUT2D eigenvalue weighted by Gasteiger charge is -2.38. The summed E-state index contributed by atoms with van der Waals surface area (Å²) in [5.74, 6) is 0. The molecule has 2 aromatic rings. The Balaban J connectivity index is 2.00. The summed E-state index contributed by atoms with van der Waals surface area (Å²) in [4.78, 5) is 6.88. The van der Waals surface area contributed by atoms with Crippen molar-refractivity contribution in [1.29, 1.82) is 0 Å². The van der Waals surface area contributed by atoms with Crippen molar-refractivity contribution in [3.63, 3.8) is 0 Å². The van der Waals surface area contributed by atoms with Gasteiger partial charge in [0, 0.05) is 30.4 Å². The van der Waals surface area contributed by atoms with E-state index in [0.717, 1.165) is 24.3 Å². The summed E-state index contributed by atoms with van der Waals surface area (Å²) in [5.41, 5.74) is 9.44. The van der Waals surface area contributed by atoms with E-state index in [-0.39, 0.29) is 0 Å². The number of aromatic nitrogens is 1. The number of hydrogen-bond donors (Lipinski definition) is 1. The van der Waals surface area contributed by atoms with E-state index in [9.17, 15) is 0 Å². The van der Waals surface area contributed by atoms with Gasteiger partial charge in [-0.2, -0.15) is 0 Å². The zero-order valence-electron chi connectivity index (χ0n) is 11.7. The maximum Gasteiger partial charge on any atom is 0.0951 e. The Hall–Kier alpha value is -1.77. The van der Waals surface area contributed by atoms with Crippen molar-refractivity contribution >= 4 is 22.3 Å². The molecular formula is C16H21N3. The molecule has 1 aliphatic rings. The first-order valence-electron chi connectivity index (χ1n) is 6.95. The third-order valence-electron chi connectivity index (χ3n) is 4.24. The first-order valence-corrected chi connectivity index (χ1v) is 6.95. The molecule has 0 spiro atoms. The number of rotatable bonds is 1. The fraction of sp³-hybridized carbons (Fsp3) is 0.438. The number of nitrogens with zero attached hydrogens (tertiary/aromatic N) is 2. The molecule has 3 nitrogen and oxygen atoms in total. The van der Waals surface area contributed by atoms with Crippen LogP contribution in [0.25, 0.3) is 10.9 Å². The largest absolute Gasteiger partial charge is 0.397 e. The van der Waals surface area contributed by atoms with Crippen LogP contribution in [0.5, 0.6) is 0 Å². The van der Waals surface area contributed by atoms with E-state index in [1.807, 2.05) is 18.3 Å². The highest BCUT2D eigenvalue weighted by Gasteiger charge is 2.26. The molecule has 0 saturated carbocycles. The molecular weight excluding hydrogens is 234 g/mol. The first kappa shape index (κ1) is 12.3. The standard InChI is InChI=1S/C16H21N3/c1-16(2)7-10-19(11-8-16)14-6-9-18-15-12(14)4-3-5-13(15)17/h3-6,9H,7-8,10-11,17H2,1-2H3. The molecule has 1 aromatic heterocycles. The summed E-state index contributed by atoms with van der Waals surface area (Å²) in [6, 6.07) is 8.16. The van der Waals surface area contributed by atoms with E-state index in [2.05, 4.69) is 35.9 Å². The van der Waals surface area contributed by atoms with E-state index in [1.54, 1.807) is 0 Å². The zero-order chi connectivity index (χ0) is 13.5. The van der Waals surface area contributed by atoms with Gasteiger partial charge in [-0.15, -0.1) is 0 Å². The third-order valence-corrected chi connectivity index (χ3v) is 4.24. The van der Waals surface area contributed by atoms with Gasteiger partial charge in [-0.05, 0) is 30.4 Å². The number of fused-ring (bicyclic) bond motifs is 1. The number of pyridine rings is 1. The van der Waals surface area contributed by atoms with Crippen molar-refractivity contribution in [2.45, 2.75) is 26.7 Å². The van der Waals surface area contributed by atoms with Gasteiger partial charge < -0.3 is 10.6 Å². The van der Waals surface area contributed by atoms with Crippen LogP contribution < -0.4 is 10.6 Å². The molecule has 100 valence electrons. The number of nitrogen functional groups attached to an aromatic ring is 1. The minimum Gasteiger partial charge on any atom is -0.397 e.